The minimum Gasteiger partial charge on any atom is -0.149 e. The molecule has 1 aliphatic rings. The highest BCUT2D eigenvalue weighted by molar-refractivity contribution is 9.09. The number of alkyl halides is 1. The van der Waals surface area contributed by atoms with Gasteiger partial charge in [-0.1, -0.05) is 15.9 Å². The van der Waals surface area contributed by atoms with Crippen molar-refractivity contribution in [1.29, 1.82) is 0 Å². The quantitative estimate of drug-likeness (QED) is 0.633. The molecule has 10 heavy (non-hydrogen) atoms. The Morgan fingerprint density at radius 2 is 2.40 bits per heavy atom. The van der Waals surface area contributed by atoms with Crippen LogP contribution in [0.1, 0.15) is 22.8 Å². The second-order valence-electron chi connectivity index (χ2n) is 2.85. The normalized spacial score (nSPS) is 30.6. The molecule has 0 N–H and O–H groups in total. The largest absolute Gasteiger partial charge is 0.149 e. The van der Waals surface area contributed by atoms with Crippen molar-refractivity contribution in [3.05, 3.63) is 21.9 Å². The first-order valence-corrected chi connectivity index (χ1v) is 5.26. The van der Waals surface area contributed by atoms with Gasteiger partial charge in [-0.3, -0.25) is 0 Å². The van der Waals surface area contributed by atoms with Gasteiger partial charge in [-0.2, -0.15) is 0 Å². The Hall–Kier alpha value is 0.180. The second-order valence-corrected chi connectivity index (χ2v) is 5.14. The van der Waals surface area contributed by atoms with Crippen molar-refractivity contribution in [3.63, 3.8) is 0 Å². The summed E-state index contributed by atoms with van der Waals surface area (Å²) in [4.78, 5) is 2.20. The van der Waals surface area contributed by atoms with Gasteiger partial charge in [0.1, 0.15) is 0 Å². The van der Waals surface area contributed by atoms with Gasteiger partial charge in [0.25, 0.3) is 0 Å². The first kappa shape index (κ1) is 6.86. The van der Waals surface area contributed by atoms with E-state index < -0.39 is 0 Å². The third kappa shape index (κ3) is 1.15. The third-order valence-electron chi connectivity index (χ3n) is 1.89. The molecule has 0 aromatic carbocycles. The lowest BCUT2D eigenvalue weighted by Gasteiger charge is -1.86. The van der Waals surface area contributed by atoms with Gasteiger partial charge in [-0.25, -0.2) is 0 Å². The van der Waals surface area contributed by atoms with E-state index in [1.807, 2.05) is 11.3 Å². The zero-order valence-electron chi connectivity index (χ0n) is 5.80. The Balaban J connectivity index is 2.20. The monoisotopic (exact) mass is 216 g/mol. The molecule has 1 aliphatic carbocycles. The maximum atomic E-state index is 3.60. The summed E-state index contributed by atoms with van der Waals surface area (Å²) in [5, 5.41) is 2.28. The Kier molecular flexibility index (Phi) is 1.61. The van der Waals surface area contributed by atoms with E-state index in [1.165, 1.54) is 16.9 Å². The Morgan fingerprint density at radius 1 is 1.70 bits per heavy atom. The number of thiophene rings is 1. The molecule has 1 heterocycles. The minimum absolute atomic E-state index is 0.765. The highest BCUT2D eigenvalue weighted by atomic mass is 79.9. The van der Waals surface area contributed by atoms with E-state index in [1.54, 1.807) is 0 Å². The van der Waals surface area contributed by atoms with Crippen LogP contribution in [0.25, 0.3) is 0 Å². The predicted octanol–water partition coefficient (Wildman–Crippen LogP) is 3.31. The first-order chi connectivity index (χ1) is 4.77. The molecule has 2 heteroatoms. The molecule has 0 bridgehead atoms. The summed E-state index contributed by atoms with van der Waals surface area (Å²) >= 11 is 5.45. The molecular weight excluding hydrogens is 208 g/mol. The van der Waals surface area contributed by atoms with Crippen LogP contribution in [0.3, 0.4) is 0 Å². The van der Waals surface area contributed by atoms with Gasteiger partial charge < -0.3 is 0 Å². The average molecular weight is 217 g/mol. The number of hydrogen-bond acceptors (Lipinski definition) is 1. The smallest absolute Gasteiger partial charge is 0.0221 e. The van der Waals surface area contributed by atoms with Crippen LogP contribution in [-0.2, 0) is 0 Å². The molecule has 54 valence electrons. The van der Waals surface area contributed by atoms with Gasteiger partial charge >= 0.3 is 0 Å². The van der Waals surface area contributed by atoms with E-state index in [2.05, 4.69) is 34.3 Å². The van der Waals surface area contributed by atoms with Crippen molar-refractivity contribution in [2.75, 3.05) is 0 Å². The Bertz CT molecular complexity index is 241. The summed E-state index contributed by atoms with van der Waals surface area (Å²) in [7, 11) is 0. The molecule has 1 fully saturated rings. The van der Waals surface area contributed by atoms with Crippen LogP contribution in [0.4, 0.5) is 0 Å². The standard InChI is InChI=1S/C8H9BrS/c1-5-2-6(4-10-5)7-3-8(7)9/h2,4,7-8H,3H2,1H3/t7-,8+/m0/s1. The molecule has 0 nitrogen and oxygen atoms in total. The van der Waals surface area contributed by atoms with E-state index in [-0.39, 0.29) is 0 Å². The van der Waals surface area contributed by atoms with Crippen LogP contribution in [0.5, 0.6) is 0 Å². The maximum Gasteiger partial charge on any atom is 0.0221 e. The molecule has 0 amide bonds. The maximum absolute atomic E-state index is 3.60. The number of hydrogen-bond donors (Lipinski definition) is 0. The van der Waals surface area contributed by atoms with Crippen LogP contribution in [0.2, 0.25) is 0 Å². The van der Waals surface area contributed by atoms with E-state index in [0.29, 0.717) is 0 Å². The van der Waals surface area contributed by atoms with Crippen LogP contribution in [0, 0.1) is 6.92 Å². The van der Waals surface area contributed by atoms with Gasteiger partial charge in [0.15, 0.2) is 0 Å². The second kappa shape index (κ2) is 2.35. The van der Waals surface area contributed by atoms with E-state index >= 15 is 0 Å². The molecule has 2 rings (SSSR count). The lowest BCUT2D eigenvalue weighted by atomic mass is 10.2. The van der Waals surface area contributed by atoms with Crippen LogP contribution < -0.4 is 0 Å². The van der Waals surface area contributed by atoms with Gasteiger partial charge in [-0.15, -0.1) is 11.3 Å². The van der Waals surface area contributed by atoms with Crippen molar-refractivity contribution < 1.29 is 0 Å². The lowest BCUT2D eigenvalue weighted by Crippen LogP contribution is -1.73. The van der Waals surface area contributed by atoms with E-state index in [9.17, 15) is 0 Å². The molecule has 0 radical (unpaired) electrons. The zero-order valence-corrected chi connectivity index (χ0v) is 8.21. The highest BCUT2D eigenvalue weighted by Gasteiger charge is 2.36. The number of aryl methyl sites for hydroxylation is 1. The minimum atomic E-state index is 0.765. The van der Waals surface area contributed by atoms with Crippen molar-refractivity contribution in [2.24, 2.45) is 0 Å². The Labute approximate surface area is 73.4 Å². The van der Waals surface area contributed by atoms with Gasteiger partial charge in [0.2, 0.25) is 0 Å². The van der Waals surface area contributed by atoms with E-state index in [4.69, 9.17) is 0 Å². The zero-order chi connectivity index (χ0) is 7.14. The fourth-order valence-corrected chi connectivity index (χ4v) is 2.64. The van der Waals surface area contributed by atoms with Gasteiger partial charge in [0, 0.05) is 9.70 Å². The topological polar surface area (TPSA) is 0 Å². The fourth-order valence-electron chi connectivity index (χ4n) is 1.17. The SMILES string of the molecule is Cc1cc([C@@H]2C[C@H]2Br)cs1. The predicted molar refractivity (Wildman–Crippen MR) is 49.1 cm³/mol. The Morgan fingerprint density at radius 3 is 2.80 bits per heavy atom. The van der Waals surface area contributed by atoms with Crippen molar-refractivity contribution in [3.8, 4) is 0 Å². The molecule has 1 aromatic heterocycles. The van der Waals surface area contributed by atoms with Gasteiger partial charge in [0.05, 0.1) is 0 Å². The molecule has 0 saturated heterocycles. The van der Waals surface area contributed by atoms with Crippen LogP contribution in [-0.4, -0.2) is 4.83 Å². The molecule has 0 spiro atoms. The summed E-state index contributed by atoms with van der Waals surface area (Å²) < 4.78 is 0. The average Bonchev–Trinajstić information content (AvgIpc) is 2.42. The lowest BCUT2D eigenvalue weighted by molar-refractivity contribution is 1.15. The molecular formula is C8H9BrS. The van der Waals surface area contributed by atoms with Crippen LogP contribution >= 0.6 is 27.3 Å². The molecule has 0 aliphatic heterocycles. The third-order valence-corrected chi connectivity index (χ3v) is 3.78. The molecule has 2 atom stereocenters. The summed E-state index contributed by atoms with van der Waals surface area (Å²) in [6.07, 6.45) is 1.33. The summed E-state index contributed by atoms with van der Waals surface area (Å²) in [5.41, 5.74) is 1.53. The summed E-state index contributed by atoms with van der Waals surface area (Å²) in [5.74, 6) is 0.824. The number of halogens is 1. The first-order valence-electron chi connectivity index (χ1n) is 3.46. The number of rotatable bonds is 1. The fraction of sp³-hybridized carbons (Fsp3) is 0.500. The molecule has 1 aromatic rings. The van der Waals surface area contributed by atoms with Crippen molar-refractivity contribution >= 4 is 27.3 Å². The highest BCUT2D eigenvalue weighted by Crippen LogP contribution is 2.47. The summed E-state index contributed by atoms with van der Waals surface area (Å²) in [6, 6.07) is 2.30. The van der Waals surface area contributed by atoms with E-state index in [0.717, 1.165) is 10.7 Å². The van der Waals surface area contributed by atoms with Crippen LogP contribution in [0.15, 0.2) is 11.4 Å². The van der Waals surface area contributed by atoms with Gasteiger partial charge in [-0.05, 0) is 36.3 Å². The molecule has 1 saturated carbocycles. The van der Waals surface area contributed by atoms with Crippen molar-refractivity contribution in [1.82, 2.24) is 0 Å². The summed E-state index contributed by atoms with van der Waals surface area (Å²) in [6.45, 7) is 2.17. The molecule has 0 unspecified atom stereocenters. The van der Waals surface area contributed by atoms with Crippen molar-refractivity contribution in [2.45, 2.75) is 24.1 Å².